The van der Waals surface area contributed by atoms with E-state index in [2.05, 4.69) is 21.8 Å². The number of amides is 1. The number of nitrogens with one attached hydrogen (secondary N) is 1. The van der Waals surface area contributed by atoms with Crippen molar-refractivity contribution in [3.8, 4) is 0 Å². The summed E-state index contributed by atoms with van der Waals surface area (Å²) in [6.07, 6.45) is 0.921. The highest BCUT2D eigenvalue weighted by Crippen LogP contribution is 2.14. The van der Waals surface area contributed by atoms with Crippen LogP contribution in [-0.4, -0.2) is 57.4 Å². The molecule has 1 saturated heterocycles. The van der Waals surface area contributed by atoms with Gasteiger partial charge >= 0.3 is 0 Å². The highest BCUT2D eigenvalue weighted by molar-refractivity contribution is 7.89. The molecule has 6 nitrogen and oxygen atoms in total. The van der Waals surface area contributed by atoms with Gasteiger partial charge in [-0.2, -0.15) is 0 Å². The first kappa shape index (κ1) is 19.5. The molecule has 144 valence electrons. The van der Waals surface area contributed by atoms with Crippen LogP contribution >= 0.6 is 0 Å². The Hall–Kier alpha value is -2.22. The van der Waals surface area contributed by atoms with Gasteiger partial charge in [0.05, 0.1) is 4.90 Å². The maximum atomic E-state index is 12.8. The molecule has 3 rings (SSSR count). The van der Waals surface area contributed by atoms with Gasteiger partial charge in [0, 0.05) is 38.3 Å². The molecule has 1 amide bonds. The van der Waals surface area contributed by atoms with E-state index >= 15 is 0 Å². The molecule has 0 bridgehead atoms. The minimum Gasteiger partial charge on any atom is -0.337 e. The fourth-order valence-corrected chi connectivity index (χ4v) is 3.98. The topological polar surface area (TPSA) is 69.7 Å². The van der Waals surface area contributed by atoms with Crippen LogP contribution in [0.15, 0.2) is 59.5 Å². The van der Waals surface area contributed by atoms with Crippen LogP contribution in [0, 0.1) is 0 Å². The number of nitrogens with zero attached hydrogens (tertiary/aromatic N) is 2. The first-order valence-electron chi connectivity index (χ1n) is 9.09. The third-order valence-corrected chi connectivity index (χ3v) is 6.24. The second kappa shape index (κ2) is 8.65. The van der Waals surface area contributed by atoms with Crippen LogP contribution < -0.4 is 4.72 Å². The van der Waals surface area contributed by atoms with Gasteiger partial charge in [0.15, 0.2) is 0 Å². The summed E-state index contributed by atoms with van der Waals surface area (Å²) in [4.78, 5) is 17.2. The van der Waals surface area contributed by atoms with Crippen LogP contribution in [0.1, 0.15) is 22.3 Å². The molecule has 1 aliphatic rings. The normalized spacial score (nSPS) is 16.1. The van der Waals surface area contributed by atoms with E-state index in [0.29, 0.717) is 18.7 Å². The molecule has 2 aromatic carbocycles. The summed E-state index contributed by atoms with van der Waals surface area (Å²) in [6.45, 7) is 4.05. The van der Waals surface area contributed by atoms with E-state index in [9.17, 15) is 13.2 Å². The lowest BCUT2D eigenvalue weighted by Crippen LogP contribution is -2.35. The summed E-state index contributed by atoms with van der Waals surface area (Å²) in [5.74, 6) is -0.0510. The Labute approximate surface area is 160 Å². The van der Waals surface area contributed by atoms with Gasteiger partial charge < -0.3 is 4.90 Å². The third-order valence-electron chi connectivity index (χ3n) is 4.81. The zero-order valence-corrected chi connectivity index (χ0v) is 16.3. The van der Waals surface area contributed by atoms with Gasteiger partial charge in [-0.1, -0.05) is 30.3 Å². The molecule has 0 aliphatic carbocycles. The first-order chi connectivity index (χ1) is 13.0. The lowest BCUT2D eigenvalue weighted by atomic mass is 10.2. The molecule has 1 heterocycles. The van der Waals surface area contributed by atoms with E-state index in [-0.39, 0.29) is 10.8 Å². The van der Waals surface area contributed by atoms with Crippen molar-refractivity contribution in [3.63, 3.8) is 0 Å². The number of benzene rings is 2. The maximum absolute atomic E-state index is 12.8. The molecule has 0 radical (unpaired) electrons. The van der Waals surface area contributed by atoms with Gasteiger partial charge in [0.25, 0.3) is 5.91 Å². The SMILES string of the molecule is CNS(=O)(=O)c1ccc(C(=O)N2CCCN(Cc3ccccc3)CC2)cc1. The Balaban J connectivity index is 1.62. The van der Waals surface area contributed by atoms with Crippen molar-refractivity contribution in [1.82, 2.24) is 14.5 Å². The Morgan fingerprint density at radius 3 is 2.33 bits per heavy atom. The Morgan fingerprint density at radius 1 is 0.963 bits per heavy atom. The monoisotopic (exact) mass is 387 g/mol. The van der Waals surface area contributed by atoms with Crippen LogP contribution in [0.2, 0.25) is 0 Å². The largest absolute Gasteiger partial charge is 0.337 e. The minimum absolute atomic E-state index is 0.0510. The van der Waals surface area contributed by atoms with Gasteiger partial charge in [-0.15, -0.1) is 0 Å². The Morgan fingerprint density at radius 2 is 1.67 bits per heavy atom. The number of carbonyl (C=O) groups excluding carboxylic acids is 1. The third kappa shape index (κ3) is 4.94. The van der Waals surface area contributed by atoms with Gasteiger partial charge in [0.1, 0.15) is 0 Å². The lowest BCUT2D eigenvalue weighted by molar-refractivity contribution is 0.0761. The average Bonchev–Trinajstić information content (AvgIpc) is 2.94. The maximum Gasteiger partial charge on any atom is 0.253 e. The quantitative estimate of drug-likeness (QED) is 0.851. The smallest absolute Gasteiger partial charge is 0.253 e. The standard InChI is InChI=1S/C20H25N3O3S/c1-21-27(25,26)19-10-8-18(9-11-19)20(24)23-13-5-12-22(14-15-23)16-17-6-3-2-4-7-17/h2-4,6-11,21H,5,12-16H2,1H3. The molecular formula is C20H25N3O3S. The molecule has 1 aliphatic heterocycles. The second-order valence-electron chi connectivity index (χ2n) is 6.64. The van der Waals surface area contributed by atoms with E-state index in [1.54, 1.807) is 12.1 Å². The Bertz CT molecular complexity index is 867. The molecule has 0 spiro atoms. The summed E-state index contributed by atoms with van der Waals surface area (Å²) in [5.41, 5.74) is 1.79. The van der Waals surface area contributed by atoms with Crippen molar-refractivity contribution in [3.05, 3.63) is 65.7 Å². The van der Waals surface area contributed by atoms with E-state index in [1.807, 2.05) is 23.1 Å². The zero-order chi connectivity index (χ0) is 19.3. The van der Waals surface area contributed by atoms with Crippen molar-refractivity contribution < 1.29 is 13.2 Å². The van der Waals surface area contributed by atoms with Gasteiger partial charge in [-0.25, -0.2) is 13.1 Å². The minimum atomic E-state index is -3.49. The number of rotatable bonds is 5. The van der Waals surface area contributed by atoms with Crippen molar-refractivity contribution >= 4 is 15.9 Å². The molecule has 0 atom stereocenters. The van der Waals surface area contributed by atoms with E-state index in [4.69, 9.17) is 0 Å². The van der Waals surface area contributed by atoms with Gasteiger partial charge in [-0.05, 0) is 43.3 Å². The van der Waals surface area contributed by atoms with Crippen LogP contribution in [0.5, 0.6) is 0 Å². The molecule has 2 aromatic rings. The molecule has 0 aromatic heterocycles. The van der Waals surface area contributed by atoms with Crippen LogP contribution in [0.4, 0.5) is 0 Å². The molecule has 1 fully saturated rings. The number of hydrogen-bond acceptors (Lipinski definition) is 4. The summed E-state index contributed by atoms with van der Waals surface area (Å²) < 4.78 is 25.9. The highest BCUT2D eigenvalue weighted by Gasteiger charge is 2.21. The van der Waals surface area contributed by atoms with E-state index in [1.165, 1.54) is 24.7 Å². The summed E-state index contributed by atoms with van der Waals surface area (Å²) in [5, 5.41) is 0. The molecule has 1 N–H and O–H groups in total. The molecule has 0 saturated carbocycles. The van der Waals surface area contributed by atoms with Crippen LogP contribution in [0.3, 0.4) is 0 Å². The van der Waals surface area contributed by atoms with E-state index < -0.39 is 10.0 Å². The highest BCUT2D eigenvalue weighted by atomic mass is 32.2. The van der Waals surface area contributed by atoms with Crippen molar-refractivity contribution in [2.75, 3.05) is 33.2 Å². The van der Waals surface area contributed by atoms with Crippen molar-refractivity contribution in [2.45, 2.75) is 17.9 Å². The van der Waals surface area contributed by atoms with Crippen molar-refractivity contribution in [2.24, 2.45) is 0 Å². The second-order valence-corrected chi connectivity index (χ2v) is 8.53. The van der Waals surface area contributed by atoms with Crippen LogP contribution in [0.25, 0.3) is 0 Å². The predicted octanol–water partition coefficient (Wildman–Crippen LogP) is 1.94. The summed E-state index contributed by atoms with van der Waals surface area (Å²) >= 11 is 0. The zero-order valence-electron chi connectivity index (χ0n) is 15.5. The Kier molecular flexibility index (Phi) is 6.26. The van der Waals surface area contributed by atoms with Gasteiger partial charge in [-0.3, -0.25) is 9.69 Å². The lowest BCUT2D eigenvalue weighted by Gasteiger charge is -2.22. The first-order valence-corrected chi connectivity index (χ1v) is 10.6. The number of carbonyl (C=O) groups is 1. The summed E-state index contributed by atoms with van der Waals surface area (Å²) in [6, 6.07) is 16.4. The molecule has 7 heteroatoms. The molecule has 27 heavy (non-hydrogen) atoms. The van der Waals surface area contributed by atoms with Gasteiger partial charge in [0.2, 0.25) is 10.0 Å². The number of sulfonamides is 1. The van der Waals surface area contributed by atoms with E-state index in [0.717, 1.165) is 26.1 Å². The predicted molar refractivity (Wildman–Crippen MR) is 105 cm³/mol. The summed E-state index contributed by atoms with van der Waals surface area (Å²) in [7, 11) is -2.12. The van der Waals surface area contributed by atoms with Crippen LogP contribution in [-0.2, 0) is 16.6 Å². The number of hydrogen-bond donors (Lipinski definition) is 1. The average molecular weight is 388 g/mol. The molecular weight excluding hydrogens is 362 g/mol. The van der Waals surface area contributed by atoms with Crippen molar-refractivity contribution in [1.29, 1.82) is 0 Å². The molecule has 0 unspecified atom stereocenters. The fraction of sp³-hybridized carbons (Fsp3) is 0.350. The fourth-order valence-electron chi connectivity index (χ4n) is 3.25.